The number of aliphatic hydroxyl groups is 1. The minimum absolute atomic E-state index is 0.0137. The van der Waals surface area contributed by atoms with Gasteiger partial charge in [-0.05, 0) is 74.1 Å². The van der Waals surface area contributed by atoms with Crippen LogP contribution >= 0.6 is 0 Å². The van der Waals surface area contributed by atoms with Crippen molar-refractivity contribution in [1.29, 1.82) is 0 Å². The van der Waals surface area contributed by atoms with Gasteiger partial charge in [0.2, 0.25) is 0 Å². The molecule has 2 aromatic carbocycles. The molecule has 2 aliphatic rings. The number of ketones is 1. The highest BCUT2D eigenvalue weighted by Crippen LogP contribution is 2.44. The number of methoxy groups -OCH3 is 1. The normalized spacial score (nSPS) is 20.3. The van der Waals surface area contributed by atoms with Crippen molar-refractivity contribution in [3.63, 3.8) is 0 Å². The zero-order valence-corrected chi connectivity index (χ0v) is 21.2. The van der Waals surface area contributed by atoms with Crippen molar-refractivity contribution in [2.24, 2.45) is 0 Å². The number of ether oxygens (including phenoxy) is 2. The summed E-state index contributed by atoms with van der Waals surface area (Å²) in [5, 5.41) is 11.5. The molecule has 2 aromatic rings. The molecule has 6 heteroatoms. The van der Waals surface area contributed by atoms with Crippen molar-refractivity contribution in [2.75, 3.05) is 7.11 Å². The van der Waals surface area contributed by atoms with Gasteiger partial charge in [-0.25, -0.2) is 0 Å². The summed E-state index contributed by atoms with van der Waals surface area (Å²) in [6.07, 6.45) is 3.73. The van der Waals surface area contributed by atoms with Crippen LogP contribution in [0.2, 0.25) is 0 Å². The van der Waals surface area contributed by atoms with Crippen molar-refractivity contribution in [1.82, 2.24) is 4.90 Å². The Labute approximate surface area is 207 Å². The van der Waals surface area contributed by atoms with E-state index in [-0.39, 0.29) is 29.4 Å². The van der Waals surface area contributed by atoms with Crippen LogP contribution in [0.3, 0.4) is 0 Å². The quantitative estimate of drug-likeness (QED) is 0.302. The van der Waals surface area contributed by atoms with Gasteiger partial charge in [0, 0.05) is 11.6 Å². The van der Waals surface area contributed by atoms with Crippen LogP contribution in [0.15, 0.2) is 48.0 Å². The molecule has 4 rings (SSSR count). The van der Waals surface area contributed by atoms with E-state index >= 15 is 0 Å². The van der Waals surface area contributed by atoms with Crippen LogP contribution in [0.5, 0.6) is 11.5 Å². The number of carbonyl (C=O) groups excluding carboxylic acids is 2. The van der Waals surface area contributed by atoms with Gasteiger partial charge < -0.3 is 19.5 Å². The third kappa shape index (κ3) is 4.79. The lowest BCUT2D eigenvalue weighted by Crippen LogP contribution is -2.37. The molecule has 1 aliphatic heterocycles. The molecule has 186 valence electrons. The van der Waals surface area contributed by atoms with Crippen LogP contribution < -0.4 is 9.47 Å². The van der Waals surface area contributed by atoms with Gasteiger partial charge in [-0.1, -0.05) is 38.8 Å². The van der Waals surface area contributed by atoms with Crippen LogP contribution in [0.4, 0.5) is 0 Å². The summed E-state index contributed by atoms with van der Waals surface area (Å²) < 4.78 is 11.4. The van der Waals surface area contributed by atoms with Crippen molar-refractivity contribution in [3.8, 4) is 11.5 Å². The van der Waals surface area contributed by atoms with Crippen LogP contribution in [0.25, 0.3) is 5.76 Å². The lowest BCUT2D eigenvalue weighted by Gasteiger charge is -2.31. The summed E-state index contributed by atoms with van der Waals surface area (Å²) in [6, 6.07) is 12.2. The summed E-state index contributed by atoms with van der Waals surface area (Å²) in [4.78, 5) is 28.4. The average molecular weight is 478 g/mol. The second kappa shape index (κ2) is 10.1. The van der Waals surface area contributed by atoms with Crippen molar-refractivity contribution in [3.05, 3.63) is 64.7 Å². The van der Waals surface area contributed by atoms with E-state index < -0.39 is 17.7 Å². The maximum absolute atomic E-state index is 13.4. The third-order valence-corrected chi connectivity index (χ3v) is 6.87. The Bertz CT molecular complexity index is 1140. The fraction of sp³-hybridized carbons (Fsp3) is 0.448. The Balaban J connectivity index is 1.88. The first-order valence-electron chi connectivity index (χ1n) is 12.5. The molecule has 1 unspecified atom stereocenters. The highest BCUT2D eigenvalue weighted by Gasteiger charge is 2.49. The molecule has 1 saturated heterocycles. The summed E-state index contributed by atoms with van der Waals surface area (Å²) in [6.45, 7) is 7.99. The van der Waals surface area contributed by atoms with Crippen molar-refractivity contribution < 1.29 is 24.2 Å². The van der Waals surface area contributed by atoms with Crippen LogP contribution in [0.1, 0.15) is 82.0 Å². The predicted molar refractivity (Wildman–Crippen MR) is 136 cm³/mol. The Hall–Kier alpha value is -3.28. The first kappa shape index (κ1) is 24.8. The molecule has 0 spiro atoms. The number of amides is 1. The third-order valence-electron chi connectivity index (χ3n) is 6.87. The molecule has 6 nitrogen and oxygen atoms in total. The molecule has 1 saturated carbocycles. The van der Waals surface area contributed by atoms with E-state index in [1.165, 1.54) is 0 Å². The monoisotopic (exact) mass is 477 g/mol. The van der Waals surface area contributed by atoms with Crippen LogP contribution in [-0.4, -0.2) is 41.0 Å². The first-order valence-corrected chi connectivity index (χ1v) is 12.5. The zero-order valence-electron chi connectivity index (χ0n) is 21.2. The number of hydrogen-bond acceptors (Lipinski definition) is 5. The van der Waals surface area contributed by atoms with Gasteiger partial charge in [0.05, 0.1) is 24.8 Å². The van der Waals surface area contributed by atoms with Gasteiger partial charge in [-0.15, -0.1) is 0 Å². The summed E-state index contributed by atoms with van der Waals surface area (Å²) in [5.41, 5.74) is 2.31. The van der Waals surface area contributed by atoms with E-state index in [4.69, 9.17) is 9.47 Å². The SMILES string of the molecule is COc1ccc(/C(O)=C2\C(=O)C(=O)N(C3CCCC3)C2c2cccc(OC(C)C)c2)cc1C(C)C. The maximum Gasteiger partial charge on any atom is 0.295 e. The van der Waals surface area contributed by atoms with E-state index in [1.807, 2.05) is 58.0 Å². The fourth-order valence-electron chi connectivity index (χ4n) is 5.25. The van der Waals surface area contributed by atoms with Gasteiger partial charge in [0.1, 0.15) is 17.3 Å². The molecule has 1 atom stereocenters. The Morgan fingerprint density at radius 1 is 1.03 bits per heavy atom. The molecule has 0 radical (unpaired) electrons. The molecule has 1 amide bonds. The molecular formula is C29H35NO5. The molecule has 1 N–H and O–H groups in total. The minimum atomic E-state index is -0.668. The fourth-order valence-corrected chi connectivity index (χ4v) is 5.25. The van der Waals surface area contributed by atoms with Gasteiger partial charge >= 0.3 is 0 Å². The van der Waals surface area contributed by atoms with E-state index in [9.17, 15) is 14.7 Å². The minimum Gasteiger partial charge on any atom is -0.507 e. The summed E-state index contributed by atoms with van der Waals surface area (Å²) in [7, 11) is 1.61. The number of rotatable bonds is 7. The number of likely N-dealkylation sites (tertiary alicyclic amines) is 1. The van der Waals surface area contributed by atoms with Crippen LogP contribution in [0, 0.1) is 0 Å². The number of aliphatic hydroxyl groups excluding tert-OH is 1. The van der Waals surface area contributed by atoms with Gasteiger partial charge in [0.25, 0.3) is 11.7 Å². The van der Waals surface area contributed by atoms with Crippen LogP contribution in [-0.2, 0) is 9.59 Å². The second-order valence-electron chi connectivity index (χ2n) is 10.00. The lowest BCUT2D eigenvalue weighted by molar-refractivity contribution is -0.141. The number of benzene rings is 2. The molecule has 2 fully saturated rings. The highest BCUT2D eigenvalue weighted by molar-refractivity contribution is 6.46. The zero-order chi connectivity index (χ0) is 25.3. The van der Waals surface area contributed by atoms with E-state index in [0.717, 1.165) is 42.6 Å². The number of nitrogens with zero attached hydrogens (tertiary/aromatic N) is 1. The van der Waals surface area contributed by atoms with Gasteiger partial charge in [-0.2, -0.15) is 0 Å². The van der Waals surface area contributed by atoms with E-state index in [1.54, 1.807) is 24.1 Å². The summed E-state index contributed by atoms with van der Waals surface area (Å²) in [5.74, 6) is 0.194. The smallest absolute Gasteiger partial charge is 0.295 e. The Kier molecular flexibility index (Phi) is 7.20. The topological polar surface area (TPSA) is 76.1 Å². The maximum atomic E-state index is 13.4. The molecule has 0 aromatic heterocycles. The molecule has 35 heavy (non-hydrogen) atoms. The number of Topliss-reactive ketones (excluding diaryl/α,β-unsaturated/α-hetero) is 1. The van der Waals surface area contributed by atoms with Gasteiger partial charge in [-0.3, -0.25) is 9.59 Å². The standard InChI is InChI=1S/C29H35NO5/c1-17(2)23-16-20(13-14-24(23)34-5)27(31)25-26(19-9-8-12-22(15-19)35-18(3)4)30(29(33)28(25)32)21-10-6-7-11-21/h8-9,12-18,21,26,31H,6-7,10-11H2,1-5H3/b27-25+. The largest absolute Gasteiger partial charge is 0.507 e. The second-order valence-corrected chi connectivity index (χ2v) is 10.00. The Morgan fingerprint density at radius 2 is 1.74 bits per heavy atom. The van der Waals surface area contributed by atoms with E-state index in [0.29, 0.717) is 11.3 Å². The van der Waals surface area contributed by atoms with Crippen molar-refractivity contribution in [2.45, 2.75) is 77.5 Å². The predicted octanol–water partition coefficient (Wildman–Crippen LogP) is 5.97. The lowest BCUT2D eigenvalue weighted by atomic mass is 9.92. The highest BCUT2D eigenvalue weighted by atomic mass is 16.5. The molecule has 0 bridgehead atoms. The van der Waals surface area contributed by atoms with E-state index in [2.05, 4.69) is 0 Å². The average Bonchev–Trinajstić information content (AvgIpc) is 3.44. The number of carbonyl (C=O) groups is 2. The molecule has 1 aliphatic carbocycles. The summed E-state index contributed by atoms with van der Waals surface area (Å²) >= 11 is 0. The number of hydrogen-bond donors (Lipinski definition) is 1. The Morgan fingerprint density at radius 3 is 2.37 bits per heavy atom. The van der Waals surface area contributed by atoms with Crippen molar-refractivity contribution >= 4 is 17.4 Å². The molecule has 1 heterocycles. The first-order chi connectivity index (χ1) is 16.7. The van der Waals surface area contributed by atoms with Gasteiger partial charge in [0.15, 0.2) is 0 Å². The molecular weight excluding hydrogens is 442 g/mol.